The second kappa shape index (κ2) is 5.68. The Balaban J connectivity index is 2.04. The summed E-state index contributed by atoms with van der Waals surface area (Å²) in [4.78, 5) is 0. The number of aryl methyl sites for hydroxylation is 3. The van der Waals surface area contributed by atoms with Crippen molar-refractivity contribution < 1.29 is 4.39 Å². The van der Waals surface area contributed by atoms with E-state index in [2.05, 4.69) is 20.8 Å². The molecule has 0 saturated carbocycles. The van der Waals surface area contributed by atoms with E-state index in [1.807, 2.05) is 20.0 Å². The third-order valence-electron chi connectivity index (χ3n) is 2.84. The van der Waals surface area contributed by atoms with Crippen molar-refractivity contribution in [2.24, 2.45) is 0 Å². The van der Waals surface area contributed by atoms with E-state index in [0.29, 0.717) is 13.1 Å². The Morgan fingerprint density at radius 3 is 2.94 bits per heavy atom. The number of hydrogen-bond acceptors (Lipinski definition) is 4. The van der Waals surface area contributed by atoms with Crippen LogP contribution in [0.4, 0.5) is 4.39 Å². The number of nitrogens with zero attached hydrogens (tertiary/aromatic N) is 4. The molecule has 1 heterocycles. The van der Waals surface area contributed by atoms with Crippen LogP contribution in [0.5, 0.6) is 0 Å². The van der Waals surface area contributed by atoms with Crippen molar-refractivity contribution in [2.75, 3.05) is 7.05 Å². The molecule has 1 aromatic carbocycles. The minimum Gasteiger partial charge on any atom is -0.313 e. The van der Waals surface area contributed by atoms with Gasteiger partial charge in [0.25, 0.3) is 0 Å². The Hall–Kier alpha value is -1.82. The maximum Gasteiger partial charge on any atom is 0.165 e. The molecule has 96 valence electrons. The van der Waals surface area contributed by atoms with Crippen LogP contribution >= 0.6 is 0 Å². The molecule has 0 spiro atoms. The summed E-state index contributed by atoms with van der Waals surface area (Å²) >= 11 is 0. The minimum absolute atomic E-state index is 0.199. The van der Waals surface area contributed by atoms with Crippen LogP contribution in [0.15, 0.2) is 18.2 Å². The van der Waals surface area contributed by atoms with Gasteiger partial charge in [0.15, 0.2) is 5.82 Å². The fourth-order valence-electron chi connectivity index (χ4n) is 1.85. The molecule has 2 aromatic rings. The predicted molar refractivity (Wildman–Crippen MR) is 65.4 cm³/mol. The fourth-order valence-corrected chi connectivity index (χ4v) is 1.85. The zero-order valence-corrected chi connectivity index (χ0v) is 10.5. The van der Waals surface area contributed by atoms with Crippen molar-refractivity contribution in [1.82, 2.24) is 25.5 Å². The van der Waals surface area contributed by atoms with E-state index >= 15 is 0 Å². The van der Waals surface area contributed by atoms with Gasteiger partial charge in [-0.15, -0.1) is 5.10 Å². The number of halogens is 1. The largest absolute Gasteiger partial charge is 0.313 e. The monoisotopic (exact) mass is 249 g/mol. The van der Waals surface area contributed by atoms with Crippen molar-refractivity contribution in [3.8, 4) is 0 Å². The summed E-state index contributed by atoms with van der Waals surface area (Å²) in [5, 5.41) is 14.5. The molecule has 0 fully saturated rings. The van der Waals surface area contributed by atoms with Gasteiger partial charge in [-0.05, 0) is 54.1 Å². The molecule has 1 aromatic heterocycles. The van der Waals surface area contributed by atoms with Crippen LogP contribution < -0.4 is 5.32 Å². The van der Waals surface area contributed by atoms with E-state index < -0.39 is 0 Å². The highest BCUT2D eigenvalue weighted by Gasteiger charge is 2.06. The average molecular weight is 249 g/mol. The van der Waals surface area contributed by atoms with Crippen molar-refractivity contribution in [2.45, 2.75) is 26.4 Å². The highest BCUT2D eigenvalue weighted by molar-refractivity contribution is 5.26. The Morgan fingerprint density at radius 2 is 2.22 bits per heavy atom. The van der Waals surface area contributed by atoms with Gasteiger partial charge in [0.1, 0.15) is 5.82 Å². The average Bonchev–Trinajstić information content (AvgIpc) is 2.76. The van der Waals surface area contributed by atoms with Crippen LogP contribution in [0.2, 0.25) is 0 Å². The normalized spacial score (nSPS) is 10.8. The molecule has 2 rings (SSSR count). The lowest BCUT2D eigenvalue weighted by Gasteiger charge is -2.07. The lowest BCUT2D eigenvalue weighted by Crippen LogP contribution is -2.14. The summed E-state index contributed by atoms with van der Waals surface area (Å²) in [6, 6.07) is 4.84. The number of benzene rings is 1. The van der Waals surface area contributed by atoms with E-state index in [1.54, 1.807) is 10.7 Å². The Morgan fingerprint density at radius 1 is 1.39 bits per heavy atom. The summed E-state index contributed by atoms with van der Waals surface area (Å²) in [7, 11) is 1.85. The molecule has 0 aliphatic heterocycles. The Labute approximate surface area is 105 Å². The van der Waals surface area contributed by atoms with Gasteiger partial charge < -0.3 is 5.32 Å². The minimum atomic E-state index is -0.199. The van der Waals surface area contributed by atoms with Gasteiger partial charge in [0, 0.05) is 6.54 Å². The smallest absolute Gasteiger partial charge is 0.165 e. The highest BCUT2D eigenvalue weighted by Crippen LogP contribution is 2.11. The number of nitrogens with one attached hydrogen (secondary N) is 1. The van der Waals surface area contributed by atoms with Crippen molar-refractivity contribution in [1.29, 1.82) is 0 Å². The first-order valence-corrected chi connectivity index (χ1v) is 5.85. The van der Waals surface area contributed by atoms with Crippen LogP contribution in [0.1, 0.15) is 17.0 Å². The first-order chi connectivity index (χ1) is 8.70. The zero-order chi connectivity index (χ0) is 13.0. The molecule has 0 aliphatic carbocycles. The lowest BCUT2D eigenvalue weighted by molar-refractivity contribution is 0.551. The zero-order valence-electron chi connectivity index (χ0n) is 10.5. The first kappa shape index (κ1) is 12.6. The summed E-state index contributed by atoms with van der Waals surface area (Å²) < 4.78 is 14.7. The SMILES string of the molecule is CNCc1nnnn1CCc1ccc(F)cc1C. The molecule has 0 amide bonds. The number of rotatable bonds is 5. The van der Waals surface area contributed by atoms with Crippen molar-refractivity contribution in [3.05, 3.63) is 41.0 Å². The molecule has 6 heteroatoms. The van der Waals surface area contributed by atoms with E-state index in [9.17, 15) is 4.39 Å². The lowest BCUT2D eigenvalue weighted by atomic mass is 10.1. The number of aromatic nitrogens is 4. The maximum atomic E-state index is 13.0. The second-order valence-electron chi connectivity index (χ2n) is 4.17. The van der Waals surface area contributed by atoms with Gasteiger partial charge in [-0.2, -0.15) is 0 Å². The molecule has 0 saturated heterocycles. The summed E-state index contributed by atoms with van der Waals surface area (Å²) in [6.45, 7) is 3.23. The van der Waals surface area contributed by atoms with E-state index in [1.165, 1.54) is 6.07 Å². The summed E-state index contributed by atoms with van der Waals surface area (Å²) in [5.41, 5.74) is 2.07. The molecule has 0 unspecified atom stereocenters. The highest BCUT2D eigenvalue weighted by atomic mass is 19.1. The van der Waals surface area contributed by atoms with Crippen LogP contribution in [-0.4, -0.2) is 27.3 Å². The van der Waals surface area contributed by atoms with Gasteiger partial charge in [-0.25, -0.2) is 9.07 Å². The standard InChI is InChI=1S/C12H16FN5/c1-9-7-11(13)4-3-10(9)5-6-18-12(8-14-2)15-16-17-18/h3-4,7,14H,5-6,8H2,1-2H3. The van der Waals surface area contributed by atoms with Crippen LogP contribution in [-0.2, 0) is 19.5 Å². The van der Waals surface area contributed by atoms with E-state index in [0.717, 1.165) is 23.4 Å². The number of tetrazole rings is 1. The van der Waals surface area contributed by atoms with Gasteiger partial charge in [-0.1, -0.05) is 6.07 Å². The molecule has 0 atom stereocenters. The van der Waals surface area contributed by atoms with Crippen molar-refractivity contribution in [3.63, 3.8) is 0 Å². The number of hydrogen-bond donors (Lipinski definition) is 1. The van der Waals surface area contributed by atoms with Gasteiger partial charge in [0.2, 0.25) is 0 Å². The fraction of sp³-hybridized carbons (Fsp3) is 0.417. The molecular formula is C12H16FN5. The van der Waals surface area contributed by atoms with E-state index in [4.69, 9.17) is 0 Å². The van der Waals surface area contributed by atoms with Crippen molar-refractivity contribution >= 4 is 0 Å². The quantitative estimate of drug-likeness (QED) is 0.861. The van der Waals surface area contributed by atoms with Crippen LogP contribution in [0.25, 0.3) is 0 Å². The molecule has 0 aliphatic rings. The third kappa shape index (κ3) is 2.89. The molecule has 5 nitrogen and oxygen atoms in total. The van der Waals surface area contributed by atoms with Gasteiger partial charge in [0.05, 0.1) is 6.54 Å². The molecule has 18 heavy (non-hydrogen) atoms. The summed E-state index contributed by atoms with van der Waals surface area (Å²) in [6.07, 6.45) is 0.786. The topological polar surface area (TPSA) is 55.6 Å². The summed E-state index contributed by atoms with van der Waals surface area (Å²) in [5.74, 6) is 0.604. The predicted octanol–water partition coefficient (Wildman–Crippen LogP) is 1.08. The van der Waals surface area contributed by atoms with Gasteiger partial charge >= 0.3 is 0 Å². The van der Waals surface area contributed by atoms with Crippen LogP contribution in [0.3, 0.4) is 0 Å². The van der Waals surface area contributed by atoms with E-state index in [-0.39, 0.29) is 5.82 Å². The molecule has 0 radical (unpaired) electrons. The second-order valence-corrected chi connectivity index (χ2v) is 4.17. The maximum absolute atomic E-state index is 13.0. The molecule has 1 N–H and O–H groups in total. The molecular weight excluding hydrogens is 233 g/mol. The first-order valence-electron chi connectivity index (χ1n) is 5.85. The third-order valence-corrected chi connectivity index (χ3v) is 2.84. The van der Waals surface area contributed by atoms with Gasteiger partial charge in [-0.3, -0.25) is 0 Å². The Kier molecular flexibility index (Phi) is 3.99. The Bertz CT molecular complexity index is 523. The van der Waals surface area contributed by atoms with Crippen LogP contribution in [0, 0.1) is 12.7 Å². The molecule has 0 bridgehead atoms.